The number of hydrogen-bond acceptors (Lipinski definition) is 3. The highest BCUT2D eigenvalue weighted by Gasteiger charge is 2.10. The molecule has 2 atom stereocenters. The third-order valence-electron chi connectivity index (χ3n) is 1.92. The molecule has 0 spiro atoms. The van der Waals surface area contributed by atoms with Gasteiger partial charge in [0.05, 0.1) is 19.1 Å². The van der Waals surface area contributed by atoms with Crippen molar-refractivity contribution in [2.24, 2.45) is 0 Å². The average Bonchev–Trinajstić information content (AvgIpc) is 2.05. The molecule has 3 heteroatoms. The molecule has 0 rings (SSSR count). The van der Waals surface area contributed by atoms with E-state index in [-0.39, 0.29) is 6.04 Å². The van der Waals surface area contributed by atoms with Crippen molar-refractivity contribution in [2.45, 2.75) is 45.2 Å². The molecule has 0 fully saturated rings. The predicted octanol–water partition coefficient (Wildman–Crippen LogP) is 1.69. The van der Waals surface area contributed by atoms with E-state index in [4.69, 9.17) is 10.00 Å². The first kappa shape index (κ1) is 12.4. The second-order valence-electron chi connectivity index (χ2n) is 3.37. The zero-order valence-electron chi connectivity index (χ0n) is 8.84. The van der Waals surface area contributed by atoms with Gasteiger partial charge in [-0.1, -0.05) is 13.3 Å². The minimum absolute atomic E-state index is 0.261. The van der Waals surface area contributed by atoms with Crippen molar-refractivity contribution in [3.05, 3.63) is 0 Å². The summed E-state index contributed by atoms with van der Waals surface area (Å²) in [6.45, 7) is 4.91. The summed E-state index contributed by atoms with van der Waals surface area (Å²) in [5, 5.41) is 11.9. The maximum Gasteiger partial charge on any atom is 0.0638 e. The van der Waals surface area contributed by atoms with Crippen molar-refractivity contribution in [3.8, 4) is 6.07 Å². The second kappa shape index (κ2) is 8.03. The van der Waals surface area contributed by atoms with E-state index in [1.165, 1.54) is 0 Å². The number of nitrogens with zero attached hydrogens (tertiary/aromatic N) is 1. The average molecular weight is 184 g/mol. The lowest BCUT2D eigenvalue weighted by Crippen LogP contribution is -2.39. The number of rotatable bonds is 7. The summed E-state index contributed by atoms with van der Waals surface area (Å²) in [5.74, 6) is 0. The highest BCUT2D eigenvalue weighted by Crippen LogP contribution is 2.00. The second-order valence-corrected chi connectivity index (χ2v) is 3.37. The van der Waals surface area contributed by atoms with Gasteiger partial charge in [0.25, 0.3) is 0 Å². The zero-order valence-corrected chi connectivity index (χ0v) is 8.84. The molecule has 0 aromatic carbocycles. The fourth-order valence-electron chi connectivity index (χ4n) is 1.36. The molecule has 0 saturated carbocycles. The molecular formula is C10H20N2O. The summed E-state index contributed by atoms with van der Waals surface area (Å²) in [4.78, 5) is 0. The number of nitrogens with one attached hydrogen (secondary N) is 1. The first-order chi connectivity index (χ1) is 6.24. The van der Waals surface area contributed by atoms with Crippen LogP contribution in [-0.2, 0) is 4.74 Å². The molecule has 3 nitrogen and oxygen atoms in total. The van der Waals surface area contributed by atoms with Crippen molar-refractivity contribution in [3.63, 3.8) is 0 Å². The molecule has 0 saturated heterocycles. The number of nitriles is 1. The molecule has 76 valence electrons. The van der Waals surface area contributed by atoms with Crippen molar-refractivity contribution in [1.82, 2.24) is 5.32 Å². The van der Waals surface area contributed by atoms with Crippen LogP contribution >= 0.6 is 0 Å². The van der Waals surface area contributed by atoms with Crippen LogP contribution in [0.5, 0.6) is 0 Å². The van der Waals surface area contributed by atoms with Crippen molar-refractivity contribution in [2.75, 3.05) is 13.7 Å². The first-order valence-electron chi connectivity index (χ1n) is 4.86. The van der Waals surface area contributed by atoms with Gasteiger partial charge in [0.1, 0.15) is 0 Å². The van der Waals surface area contributed by atoms with Gasteiger partial charge >= 0.3 is 0 Å². The fourth-order valence-corrected chi connectivity index (χ4v) is 1.36. The molecule has 0 aliphatic heterocycles. The van der Waals surface area contributed by atoms with Crippen molar-refractivity contribution in [1.29, 1.82) is 5.26 Å². The van der Waals surface area contributed by atoms with E-state index in [0.717, 1.165) is 19.4 Å². The lowest BCUT2D eigenvalue weighted by Gasteiger charge is -2.20. The van der Waals surface area contributed by atoms with Gasteiger partial charge in [0, 0.05) is 19.2 Å². The van der Waals surface area contributed by atoms with Gasteiger partial charge in [-0.2, -0.15) is 5.26 Å². The Morgan fingerprint density at radius 3 is 2.69 bits per heavy atom. The van der Waals surface area contributed by atoms with Crippen LogP contribution in [0.25, 0.3) is 0 Å². The van der Waals surface area contributed by atoms with Crippen molar-refractivity contribution >= 4 is 0 Å². The molecule has 0 aromatic rings. The molecule has 0 aliphatic rings. The first-order valence-corrected chi connectivity index (χ1v) is 4.86. The van der Waals surface area contributed by atoms with Gasteiger partial charge in [-0.15, -0.1) is 0 Å². The van der Waals surface area contributed by atoms with Crippen LogP contribution in [0.4, 0.5) is 0 Å². The molecule has 0 amide bonds. The van der Waals surface area contributed by atoms with Crippen LogP contribution < -0.4 is 5.32 Å². The molecule has 0 bridgehead atoms. The highest BCUT2D eigenvalue weighted by atomic mass is 16.5. The van der Waals surface area contributed by atoms with Crippen molar-refractivity contribution < 1.29 is 4.74 Å². The van der Waals surface area contributed by atoms with Gasteiger partial charge in [0.2, 0.25) is 0 Å². The third-order valence-corrected chi connectivity index (χ3v) is 1.92. The Morgan fingerprint density at radius 1 is 1.54 bits per heavy atom. The third kappa shape index (κ3) is 6.56. The Bertz CT molecular complexity index is 147. The maximum absolute atomic E-state index is 8.49. The van der Waals surface area contributed by atoms with Crippen LogP contribution in [0.15, 0.2) is 0 Å². The van der Waals surface area contributed by atoms with Crippen LogP contribution in [0.3, 0.4) is 0 Å². The Kier molecular flexibility index (Phi) is 7.66. The summed E-state index contributed by atoms with van der Waals surface area (Å²) < 4.78 is 5.09. The summed E-state index contributed by atoms with van der Waals surface area (Å²) in [6.07, 6.45) is 2.80. The number of hydrogen-bond donors (Lipinski definition) is 1. The quantitative estimate of drug-likeness (QED) is 0.655. The zero-order chi connectivity index (χ0) is 10.1. The van der Waals surface area contributed by atoms with Gasteiger partial charge < -0.3 is 10.1 Å². The predicted molar refractivity (Wildman–Crippen MR) is 53.4 cm³/mol. The van der Waals surface area contributed by atoms with E-state index in [1.807, 2.05) is 6.92 Å². The van der Waals surface area contributed by atoms with Crippen LogP contribution in [0.1, 0.15) is 33.1 Å². The Morgan fingerprint density at radius 2 is 2.23 bits per heavy atom. The van der Waals surface area contributed by atoms with Gasteiger partial charge in [0.15, 0.2) is 0 Å². The number of methoxy groups -OCH3 is 1. The molecule has 0 aliphatic carbocycles. The topological polar surface area (TPSA) is 45.0 Å². The molecule has 0 radical (unpaired) electrons. The molecule has 0 aromatic heterocycles. The lowest BCUT2D eigenvalue weighted by molar-refractivity contribution is 0.157. The van der Waals surface area contributed by atoms with Crippen LogP contribution in [0, 0.1) is 11.3 Å². The van der Waals surface area contributed by atoms with Crippen LogP contribution in [0.2, 0.25) is 0 Å². The molecular weight excluding hydrogens is 164 g/mol. The maximum atomic E-state index is 8.49. The summed E-state index contributed by atoms with van der Waals surface area (Å²) in [5.41, 5.74) is 0. The minimum Gasteiger partial charge on any atom is -0.383 e. The monoisotopic (exact) mass is 184 g/mol. The van der Waals surface area contributed by atoms with E-state index in [2.05, 4.69) is 18.3 Å². The molecule has 2 unspecified atom stereocenters. The number of ether oxygens (including phenoxy) is 1. The summed E-state index contributed by atoms with van der Waals surface area (Å²) >= 11 is 0. The SMILES string of the molecule is CCCC(COC)NC(C)CC#N. The molecule has 13 heavy (non-hydrogen) atoms. The summed E-state index contributed by atoms with van der Waals surface area (Å²) in [7, 11) is 1.71. The Hall–Kier alpha value is -0.590. The van der Waals surface area contributed by atoms with Gasteiger partial charge in [-0.3, -0.25) is 0 Å². The van der Waals surface area contributed by atoms with E-state index in [0.29, 0.717) is 12.5 Å². The van der Waals surface area contributed by atoms with Gasteiger partial charge in [-0.25, -0.2) is 0 Å². The molecule has 1 N–H and O–H groups in total. The fraction of sp³-hybridized carbons (Fsp3) is 0.900. The highest BCUT2D eigenvalue weighted by molar-refractivity contribution is 4.80. The summed E-state index contributed by atoms with van der Waals surface area (Å²) in [6, 6.07) is 2.80. The van der Waals surface area contributed by atoms with E-state index in [9.17, 15) is 0 Å². The lowest BCUT2D eigenvalue weighted by atomic mass is 10.1. The Labute approximate surface area is 81.1 Å². The standard InChI is InChI=1S/C10H20N2O/c1-4-5-10(8-13-3)12-9(2)6-7-11/h9-10,12H,4-6,8H2,1-3H3. The van der Waals surface area contributed by atoms with E-state index >= 15 is 0 Å². The largest absolute Gasteiger partial charge is 0.383 e. The van der Waals surface area contributed by atoms with Gasteiger partial charge in [-0.05, 0) is 13.3 Å². The van der Waals surface area contributed by atoms with Crippen LogP contribution in [-0.4, -0.2) is 25.8 Å². The normalized spacial score (nSPS) is 14.9. The smallest absolute Gasteiger partial charge is 0.0638 e. The Balaban J connectivity index is 3.72. The minimum atomic E-state index is 0.261. The van der Waals surface area contributed by atoms with E-state index in [1.54, 1.807) is 7.11 Å². The molecule has 0 heterocycles. The van der Waals surface area contributed by atoms with E-state index < -0.39 is 0 Å².